The van der Waals surface area contributed by atoms with Crippen LogP contribution in [0.3, 0.4) is 0 Å². The highest BCUT2D eigenvalue weighted by molar-refractivity contribution is 5.72. The first kappa shape index (κ1) is 12.5. The minimum absolute atomic E-state index is 0.118. The molecule has 2 heteroatoms. The van der Waals surface area contributed by atoms with E-state index in [0.29, 0.717) is 5.92 Å². The summed E-state index contributed by atoms with van der Waals surface area (Å²) < 4.78 is 5.86. The molecular weight excluding hydrogens is 224 g/mol. The fraction of sp³-hybridized carbons (Fsp3) is 0.938. The van der Waals surface area contributed by atoms with E-state index >= 15 is 0 Å². The largest absolute Gasteiger partial charge is 0.462 e. The second kappa shape index (κ2) is 4.86. The van der Waals surface area contributed by atoms with Gasteiger partial charge in [0, 0.05) is 0 Å². The Morgan fingerprint density at radius 3 is 2.33 bits per heavy atom. The molecule has 0 saturated heterocycles. The second-order valence-corrected chi connectivity index (χ2v) is 6.92. The van der Waals surface area contributed by atoms with Crippen molar-refractivity contribution in [3.05, 3.63) is 0 Å². The fourth-order valence-electron chi connectivity index (χ4n) is 4.59. The maximum Gasteiger partial charge on any atom is 0.309 e. The normalized spacial score (nSPS) is 44.2. The van der Waals surface area contributed by atoms with E-state index in [4.69, 9.17) is 4.74 Å². The van der Waals surface area contributed by atoms with Crippen LogP contribution in [0, 0.1) is 29.6 Å². The van der Waals surface area contributed by atoms with E-state index in [1.807, 2.05) is 0 Å². The van der Waals surface area contributed by atoms with Crippen molar-refractivity contribution in [1.29, 1.82) is 0 Å². The average Bonchev–Trinajstić information content (AvgIpc) is 2.91. The van der Waals surface area contributed by atoms with Crippen molar-refractivity contribution in [3.63, 3.8) is 0 Å². The van der Waals surface area contributed by atoms with Gasteiger partial charge < -0.3 is 4.74 Å². The molecule has 3 aliphatic rings. The minimum Gasteiger partial charge on any atom is -0.462 e. The van der Waals surface area contributed by atoms with Gasteiger partial charge in [0.25, 0.3) is 0 Å². The Morgan fingerprint density at radius 2 is 1.72 bits per heavy atom. The van der Waals surface area contributed by atoms with Crippen molar-refractivity contribution in [3.8, 4) is 0 Å². The summed E-state index contributed by atoms with van der Waals surface area (Å²) in [7, 11) is 0. The van der Waals surface area contributed by atoms with Gasteiger partial charge in [-0.15, -0.1) is 0 Å². The molecule has 102 valence electrons. The van der Waals surface area contributed by atoms with Crippen LogP contribution < -0.4 is 0 Å². The molecule has 0 aromatic carbocycles. The summed E-state index contributed by atoms with van der Waals surface area (Å²) >= 11 is 0. The van der Waals surface area contributed by atoms with Gasteiger partial charge in [-0.2, -0.15) is 0 Å². The van der Waals surface area contributed by atoms with Crippen LogP contribution >= 0.6 is 0 Å². The summed E-state index contributed by atoms with van der Waals surface area (Å²) in [5.41, 5.74) is 0. The molecule has 0 aliphatic heterocycles. The quantitative estimate of drug-likeness (QED) is 0.697. The first-order valence-electron chi connectivity index (χ1n) is 7.87. The minimum atomic E-state index is 0.118. The van der Waals surface area contributed by atoms with Crippen LogP contribution in [0.15, 0.2) is 0 Å². The maximum absolute atomic E-state index is 12.2. The van der Waals surface area contributed by atoms with Crippen molar-refractivity contribution in [2.45, 2.75) is 64.9 Å². The van der Waals surface area contributed by atoms with Crippen LogP contribution in [0.4, 0.5) is 0 Å². The van der Waals surface area contributed by atoms with Gasteiger partial charge in [-0.3, -0.25) is 4.79 Å². The van der Waals surface area contributed by atoms with Gasteiger partial charge in [0.1, 0.15) is 6.10 Å². The van der Waals surface area contributed by atoms with Crippen molar-refractivity contribution < 1.29 is 9.53 Å². The molecule has 3 fully saturated rings. The molecule has 0 aromatic heterocycles. The molecule has 0 N–H and O–H groups in total. The lowest BCUT2D eigenvalue weighted by molar-refractivity contribution is -0.159. The highest BCUT2D eigenvalue weighted by Crippen LogP contribution is 2.53. The van der Waals surface area contributed by atoms with E-state index in [0.717, 1.165) is 37.0 Å². The lowest BCUT2D eigenvalue weighted by Crippen LogP contribution is -2.34. The summed E-state index contributed by atoms with van der Waals surface area (Å²) in [5.74, 6) is 3.37. The van der Waals surface area contributed by atoms with Gasteiger partial charge in [0.05, 0.1) is 5.92 Å². The molecule has 18 heavy (non-hydrogen) atoms. The lowest BCUT2D eigenvalue weighted by atomic mass is 9.80. The predicted octanol–water partition coefficient (Wildman–Crippen LogP) is 3.79. The highest BCUT2D eigenvalue weighted by atomic mass is 16.5. The second-order valence-electron chi connectivity index (χ2n) is 6.92. The molecule has 2 nitrogen and oxygen atoms in total. The van der Waals surface area contributed by atoms with Gasteiger partial charge >= 0.3 is 5.97 Å². The maximum atomic E-state index is 12.2. The molecular formula is C16H26O2. The molecule has 3 saturated carbocycles. The monoisotopic (exact) mass is 250 g/mol. The Morgan fingerprint density at radius 1 is 1.00 bits per heavy atom. The van der Waals surface area contributed by atoms with E-state index in [1.54, 1.807) is 0 Å². The average molecular weight is 250 g/mol. The molecule has 5 atom stereocenters. The molecule has 3 rings (SSSR count). The Balaban J connectivity index is 1.56. The van der Waals surface area contributed by atoms with Crippen molar-refractivity contribution in [2.75, 3.05) is 0 Å². The van der Waals surface area contributed by atoms with Crippen LogP contribution in [0.1, 0.15) is 58.8 Å². The van der Waals surface area contributed by atoms with E-state index in [1.165, 1.54) is 25.7 Å². The Labute approximate surface area is 110 Å². The SMILES string of the molecule is CC1C2CC(OC(=O)C3CCCCC3)C(C2)C1C. The molecule has 0 amide bonds. The summed E-state index contributed by atoms with van der Waals surface area (Å²) in [4.78, 5) is 12.2. The highest BCUT2D eigenvalue weighted by Gasteiger charge is 2.50. The predicted molar refractivity (Wildman–Crippen MR) is 71.0 cm³/mol. The number of carbonyl (C=O) groups is 1. The zero-order valence-electron chi connectivity index (χ0n) is 11.7. The number of rotatable bonds is 2. The topological polar surface area (TPSA) is 26.3 Å². The van der Waals surface area contributed by atoms with Gasteiger partial charge in [-0.1, -0.05) is 33.1 Å². The first-order chi connectivity index (χ1) is 8.66. The molecule has 0 spiro atoms. The van der Waals surface area contributed by atoms with Crippen LogP contribution in [-0.2, 0) is 9.53 Å². The molecule has 0 aromatic rings. The number of fused-ring (bicyclic) bond motifs is 2. The third-order valence-electron chi connectivity index (χ3n) is 6.04. The number of esters is 1. The van der Waals surface area contributed by atoms with Crippen molar-refractivity contribution in [1.82, 2.24) is 0 Å². The zero-order valence-corrected chi connectivity index (χ0v) is 11.7. The first-order valence-corrected chi connectivity index (χ1v) is 7.87. The molecule has 5 unspecified atom stereocenters. The molecule has 3 aliphatic carbocycles. The smallest absolute Gasteiger partial charge is 0.309 e. The van der Waals surface area contributed by atoms with Gasteiger partial charge in [-0.05, 0) is 49.4 Å². The van der Waals surface area contributed by atoms with Crippen molar-refractivity contribution >= 4 is 5.97 Å². The Kier molecular flexibility index (Phi) is 3.38. The molecule has 0 radical (unpaired) electrons. The summed E-state index contributed by atoms with van der Waals surface area (Å²) in [6.45, 7) is 4.71. The molecule has 0 heterocycles. The lowest BCUT2D eigenvalue weighted by Gasteiger charge is -2.32. The fourth-order valence-corrected chi connectivity index (χ4v) is 4.59. The van der Waals surface area contributed by atoms with E-state index < -0.39 is 0 Å². The molecule has 2 bridgehead atoms. The number of ether oxygens (including phenoxy) is 1. The number of carbonyl (C=O) groups excluding carboxylic acids is 1. The van der Waals surface area contributed by atoms with Crippen molar-refractivity contribution in [2.24, 2.45) is 29.6 Å². The van der Waals surface area contributed by atoms with Gasteiger partial charge in [0.15, 0.2) is 0 Å². The van der Waals surface area contributed by atoms with Crippen LogP contribution in [0.5, 0.6) is 0 Å². The standard InChI is InChI=1S/C16H26O2/c1-10-11(2)14-8-13(10)9-15(14)18-16(17)12-6-4-3-5-7-12/h10-15H,3-9H2,1-2H3. The van der Waals surface area contributed by atoms with Gasteiger partial charge in [-0.25, -0.2) is 0 Å². The van der Waals surface area contributed by atoms with Crippen LogP contribution in [0.2, 0.25) is 0 Å². The Hall–Kier alpha value is -0.530. The van der Waals surface area contributed by atoms with Gasteiger partial charge in [0.2, 0.25) is 0 Å². The summed E-state index contributed by atoms with van der Waals surface area (Å²) in [6.07, 6.45) is 8.52. The Bertz CT molecular complexity index is 317. The zero-order chi connectivity index (χ0) is 12.7. The summed E-state index contributed by atoms with van der Waals surface area (Å²) in [5, 5.41) is 0. The third-order valence-corrected chi connectivity index (χ3v) is 6.04. The van der Waals surface area contributed by atoms with Crippen LogP contribution in [0.25, 0.3) is 0 Å². The number of hydrogen-bond donors (Lipinski definition) is 0. The number of hydrogen-bond acceptors (Lipinski definition) is 2. The van der Waals surface area contributed by atoms with Crippen LogP contribution in [-0.4, -0.2) is 12.1 Å². The van der Waals surface area contributed by atoms with E-state index in [2.05, 4.69) is 13.8 Å². The van der Waals surface area contributed by atoms with E-state index in [9.17, 15) is 4.79 Å². The third kappa shape index (κ3) is 2.08. The summed E-state index contributed by atoms with van der Waals surface area (Å²) in [6, 6.07) is 0. The van der Waals surface area contributed by atoms with E-state index in [-0.39, 0.29) is 18.0 Å².